The van der Waals surface area contributed by atoms with Crippen molar-refractivity contribution < 1.29 is 19.4 Å². The van der Waals surface area contributed by atoms with E-state index in [1.807, 2.05) is 24.3 Å². The number of hydrazine groups is 1. The van der Waals surface area contributed by atoms with Crippen LogP contribution in [-0.4, -0.2) is 39.6 Å². The van der Waals surface area contributed by atoms with E-state index in [9.17, 15) is 9.59 Å². The number of nitrogen functional groups attached to an aromatic ring is 1. The van der Waals surface area contributed by atoms with Gasteiger partial charge in [0.05, 0.1) is 16.8 Å². The number of hydrogen-bond donors (Lipinski definition) is 4. The quantitative estimate of drug-likeness (QED) is 0.126. The summed E-state index contributed by atoms with van der Waals surface area (Å²) in [7, 11) is 0. The summed E-state index contributed by atoms with van der Waals surface area (Å²) < 4.78 is 5.36. The van der Waals surface area contributed by atoms with Crippen LogP contribution in [-0.2, 0) is 4.79 Å². The van der Waals surface area contributed by atoms with Crippen LogP contribution in [0.15, 0.2) is 73.1 Å². The predicted octanol–water partition coefficient (Wildman–Crippen LogP) is 2.93. The van der Waals surface area contributed by atoms with Crippen LogP contribution in [0.3, 0.4) is 0 Å². The van der Waals surface area contributed by atoms with Crippen LogP contribution in [0.25, 0.3) is 22.2 Å². The Morgan fingerprint density at radius 1 is 1.00 bits per heavy atom. The lowest BCUT2D eigenvalue weighted by atomic mass is 10.0. The Kier molecular flexibility index (Phi) is 10.4. The summed E-state index contributed by atoms with van der Waals surface area (Å²) in [6.07, 6.45) is 3.20. The molecule has 0 bridgehead atoms. The molecule has 0 spiro atoms. The van der Waals surface area contributed by atoms with E-state index in [4.69, 9.17) is 21.4 Å². The third-order valence-electron chi connectivity index (χ3n) is 5.12. The first-order chi connectivity index (χ1) is 16.9. The normalized spacial score (nSPS) is 10.6. The molecule has 4 rings (SSSR count). The van der Waals surface area contributed by atoms with Crippen LogP contribution in [0, 0.1) is 11.8 Å². The van der Waals surface area contributed by atoms with E-state index in [2.05, 4.69) is 27.2 Å². The summed E-state index contributed by atoms with van der Waals surface area (Å²) in [4.78, 5) is 31.7. The second-order valence-electron chi connectivity index (χ2n) is 7.53. The van der Waals surface area contributed by atoms with Gasteiger partial charge in [0.15, 0.2) is 0 Å². The van der Waals surface area contributed by atoms with Crippen molar-refractivity contribution in [3.8, 4) is 28.8 Å². The molecule has 1 amide bonds. The molecule has 0 saturated carbocycles. The molecule has 190 valence electrons. The molecule has 0 saturated heterocycles. The van der Waals surface area contributed by atoms with Crippen molar-refractivity contribution in [2.45, 2.75) is 6.04 Å². The molecule has 2 aromatic carbocycles. The van der Waals surface area contributed by atoms with Gasteiger partial charge in [-0.15, -0.1) is 24.8 Å². The fourth-order valence-corrected chi connectivity index (χ4v) is 3.24. The maximum atomic E-state index is 12.3. The van der Waals surface area contributed by atoms with E-state index < -0.39 is 17.9 Å². The summed E-state index contributed by atoms with van der Waals surface area (Å²) in [5.74, 6) is 10.5. The van der Waals surface area contributed by atoms with Crippen LogP contribution in [0.5, 0.6) is 5.75 Å². The molecule has 2 heterocycles. The summed E-state index contributed by atoms with van der Waals surface area (Å²) in [5.41, 5.74) is 11.6. The molecule has 4 aromatic rings. The zero-order valence-electron chi connectivity index (χ0n) is 19.3. The van der Waals surface area contributed by atoms with Crippen molar-refractivity contribution in [3.63, 3.8) is 0 Å². The highest BCUT2D eigenvalue weighted by Gasteiger charge is 2.13. The Bertz CT molecular complexity index is 1450. The number of carboxylic acid groups (broad SMARTS) is 1. The van der Waals surface area contributed by atoms with Gasteiger partial charge in [0.25, 0.3) is 5.91 Å². The van der Waals surface area contributed by atoms with Crippen LogP contribution in [0.2, 0.25) is 0 Å². The molecule has 9 nitrogen and oxygen atoms in total. The molecule has 0 radical (unpaired) electrons. The summed E-state index contributed by atoms with van der Waals surface area (Å²) >= 11 is 0. The number of carbonyl (C=O) groups is 2. The molecule has 6 N–H and O–H groups in total. The summed E-state index contributed by atoms with van der Waals surface area (Å²) in [6.45, 7) is -0.117. The number of fused-ring (bicyclic) bond motifs is 1. The fourth-order valence-electron chi connectivity index (χ4n) is 3.24. The number of carbonyl (C=O) groups excluding carboxylic acids is 1. The number of carboxylic acids is 1. The first-order valence-corrected chi connectivity index (χ1v) is 10.5. The lowest BCUT2D eigenvalue weighted by Gasteiger charge is -2.09. The van der Waals surface area contributed by atoms with Crippen molar-refractivity contribution in [2.24, 2.45) is 11.6 Å². The van der Waals surface area contributed by atoms with Gasteiger partial charge in [-0.1, -0.05) is 24.0 Å². The number of halogens is 2. The highest BCUT2D eigenvalue weighted by molar-refractivity contribution is 6.06. The molecule has 0 aliphatic carbocycles. The number of nitrogens with one attached hydrogen (secondary N) is 1. The highest BCUT2D eigenvalue weighted by atomic mass is 35.5. The van der Waals surface area contributed by atoms with E-state index in [1.165, 1.54) is 0 Å². The zero-order chi connectivity index (χ0) is 24.8. The van der Waals surface area contributed by atoms with Crippen molar-refractivity contribution in [1.29, 1.82) is 0 Å². The number of nitrogens with two attached hydrogens (primary N) is 2. The first kappa shape index (κ1) is 29.0. The Balaban J connectivity index is 0.00000241. The lowest BCUT2D eigenvalue weighted by molar-refractivity contribution is -0.139. The number of hydrogen-bond acceptors (Lipinski definition) is 7. The van der Waals surface area contributed by atoms with Crippen LogP contribution >= 0.6 is 24.8 Å². The number of nitrogens with zero attached hydrogens (tertiary/aromatic N) is 2. The van der Waals surface area contributed by atoms with Crippen molar-refractivity contribution in [1.82, 2.24) is 15.4 Å². The molecular weight excluding hydrogens is 517 g/mol. The Labute approximate surface area is 225 Å². The van der Waals surface area contributed by atoms with Crippen molar-refractivity contribution in [3.05, 3.63) is 89.7 Å². The van der Waals surface area contributed by atoms with Crippen LogP contribution < -0.4 is 21.7 Å². The SMILES string of the molecule is Cl.Cl.NNC(=O)c1cc(-c2ccc(C#Cc3ccc(OCC(N)C(=O)O)cc3)cc2)nc2ccncc12. The minimum absolute atomic E-state index is 0. The minimum Gasteiger partial charge on any atom is -0.491 e. The van der Waals surface area contributed by atoms with Gasteiger partial charge >= 0.3 is 5.97 Å². The minimum atomic E-state index is -1.12. The number of pyridine rings is 2. The standard InChI is InChI=1S/C26H21N5O4.2ClH/c27-22(26(33)34)15-35-19-9-5-17(6-10-19)2-1-16-3-7-18(8-4-16)24-13-20(25(32)31-28)21-14-29-12-11-23(21)30-24;;/h3-14,22H,15,27-28H2,(H,31,32)(H,33,34);2*1H. The molecule has 11 heteroatoms. The fraction of sp³-hybridized carbons (Fsp3) is 0.0769. The number of benzene rings is 2. The number of aromatic nitrogens is 2. The van der Waals surface area contributed by atoms with E-state index in [1.54, 1.807) is 48.8 Å². The lowest BCUT2D eigenvalue weighted by Crippen LogP contribution is -2.36. The van der Waals surface area contributed by atoms with Gasteiger partial charge in [-0.25, -0.2) is 10.8 Å². The van der Waals surface area contributed by atoms with Gasteiger partial charge in [0.2, 0.25) is 0 Å². The Hall–Kier alpha value is -4.20. The second kappa shape index (κ2) is 13.2. The Morgan fingerprint density at radius 3 is 2.22 bits per heavy atom. The van der Waals surface area contributed by atoms with Gasteiger partial charge in [0, 0.05) is 34.5 Å². The van der Waals surface area contributed by atoms with Crippen LogP contribution in [0.4, 0.5) is 0 Å². The van der Waals surface area contributed by atoms with Gasteiger partial charge < -0.3 is 15.6 Å². The molecule has 37 heavy (non-hydrogen) atoms. The number of ether oxygens (including phenoxy) is 1. The number of rotatable bonds is 6. The average molecular weight is 540 g/mol. The summed E-state index contributed by atoms with van der Waals surface area (Å²) in [5, 5.41) is 9.41. The van der Waals surface area contributed by atoms with E-state index in [0.717, 1.165) is 16.7 Å². The van der Waals surface area contributed by atoms with Crippen LogP contribution in [0.1, 0.15) is 21.5 Å². The first-order valence-electron chi connectivity index (χ1n) is 10.5. The zero-order valence-corrected chi connectivity index (χ0v) is 20.9. The third kappa shape index (κ3) is 7.16. The monoisotopic (exact) mass is 539 g/mol. The molecule has 0 fully saturated rings. The number of aliphatic carboxylic acids is 1. The third-order valence-corrected chi connectivity index (χ3v) is 5.12. The van der Waals surface area contributed by atoms with Gasteiger partial charge in [-0.05, 0) is 48.5 Å². The molecule has 2 aromatic heterocycles. The Morgan fingerprint density at radius 2 is 1.62 bits per heavy atom. The largest absolute Gasteiger partial charge is 0.491 e. The maximum Gasteiger partial charge on any atom is 0.324 e. The average Bonchev–Trinajstić information content (AvgIpc) is 2.90. The predicted molar refractivity (Wildman–Crippen MR) is 145 cm³/mol. The molecule has 1 unspecified atom stereocenters. The van der Waals surface area contributed by atoms with Gasteiger partial charge in [0.1, 0.15) is 18.4 Å². The maximum absolute atomic E-state index is 12.3. The van der Waals surface area contributed by atoms with Gasteiger partial charge in [-0.2, -0.15) is 0 Å². The summed E-state index contributed by atoms with van der Waals surface area (Å²) in [6, 6.07) is 16.8. The highest BCUT2D eigenvalue weighted by Crippen LogP contribution is 2.24. The van der Waals surface area contributed by atoms with E-state index in [0.29, 0.717) is 27.9 Å². The molecule has 0 aliphatic heterocycles. The van der Waals surface area contributed by atoms with Gasteiger partial charge in [-0.3, -0.25) is 20.0 Å². The van der Waals surface area contributed by atoms with E-state index in [-0.39, 0.29) is 31.4 Å². The molecule has 0 aliphatic rings. The van der Waals surface area contributed by atoms with Crippen molar-refractivity contribution >= 4 is 47.6 Å². The topological polar surface area (TPSA) is 153 Å². The smallest absolute Gasteiger partial charge is 0.324 e. The molecule has 1 atom stereocenters. The molecular formula is C26H23Cl2N5O4. The number of amides is 1. The second-order valence-corrected chi connectivity index (χ2v) is 7.53. The van der Waals surface area contributed by atoms with Crippen molar-refractivity contribution in [2.75, 3.05) is 6.61 Å². The van der Waals surface area contributed by atoms with E-state index >= 15 is 0 Å².